The summed E-state index contributed by atoms with van der Waals surface area (Å²) in [4.78, 5) is 0. The van der Waals surface area contributed by atoms with E-state index >= 15 is 0 Å². The standard InChI is InChI=1S/C13H16N2O/c1-9(2)16-13-12(10(3)14-15-13)11-7-5-4-6-8-11/h4-9H,1-3H3,(H,14,15). The van der Waals surface area contributed by atoms with E-state index in [0.717, 1.165) is 16.8 Å². The molecule has 1 aromatic heterocycles. The van der Waals surface area contributed by atoms with Crippen molar-refractivity contribution in [2.75, 3.05) is 0 Å². The largest absolute Gasteiger partial charge is 0.473 e. The van der Waals surface area contributed by atoms with E-state index in [0.29, 0.717) is 5.88 Å². The van der Waals surface area contributed by atoms with Crippen molar-refractivity contribution in [1.29, 1.82) is 0 Å². The summed E-state index contributed by atoms with van der Waals surface area (Å²) in [6.07, 6.45) is 0.130. The number of nitrogens with zero attached hydrogens (tertiary/aromatic N) is 1. The fourth-order valence-electron chi connectivity index (χ4n) is 1.66. The molecule has 0 unspecified atom stereocenters. The number of rotatable bonds is 3. The molecule has 0 aliphatic rings. The predicted molar refractivity (Wildman–Crippen MR) is 64.5 cm³/mol. The van der Waals surface area contributed by atoms with Crippen molar-refractivity contribution in [3.05, 3.63) is 36.0 Å². The van der Waals surface area contributed by atoms with Gasteiger partial charge in [0.1, 0.15) is 0 Å². The number of hydrogen-bond acceptors (Lipinski definition) is 2. The summed E-state index contributed by atoms with van der Waals surface area (Å²) < 4.78 is 5.68. The normalized spacial score (nSPS) is 10.8. The molecule has 0 atom stereocenters. The lowest BCUT2D eigenvalue weighted by Crippen LogP contribution is -2.06. The molecule has 0 radical (unpaired) electrons. The van der Waals surface area contributed by atoms with Crippen LogP contribution < -0.4 is 4.74 Å². The third-order valence-electron chi connectivity index (χ3n) is 2.32. The molecular formula is C13H16N2O. The zero-order chi connectivity index (χ0) is 11.5. The maximum Gasteiger partial charge on any atom is 0.241 e. The van der Waals surface area contributed by atoms with Gasteiger partial charge >= 0.3 is 0 Å². The van der Waals surface area contributed by atoms with Crippen molar-refractivity contribution in [2.45, 2.75) is 26.9 Å². The Balaban J connectivity index is 2.43. The van der Waals surface area contributed by atoms with Crippen LogP contribution in [0.15, 0.2) is 30.3 Å². The number of benzene rings is 1. The fraction of sp³-hybridized carbons (Fsp3) is 0.308. The number of H-pyrrole nitrogens is 1. The van der Waals surface area contributed by atoms with Gasteiger partial charge in [-0.15, -0.1) is 5.10 Å². The zero-order valence-electron chi connectivity index (χ0n) is 9.82. The average Bonchev–Trinajstić information content (AvgIpc) is 2.60. The SMILES string of the molecule is Cc1[nH]nc(OC(C)C)c1-c1ccccc1. The van der Waals surface area contributed by atoms with Crippen LogP contribution in [0.1, 0.15) is 19.5 Å². The molecule has 84 valence electrons. The Bertz CT molecular complexity index is 460. The van der Waals surface area contributed by atoms with E-state index in [2.05, 4.69) is 22.3 Å². The number of aryl methyl sites for hydroxylation is 1. The fourth-order valence-corrected chi connectivity index (χ4v) is 1.66. The zero-order valence-corrected chi connectivity index (χ0v) is 9.82. The molecule has 0 saturated carbocycles. The second-order valence-electron chi connectivity index (χ2n) is 4.06. The van der Waals surface area contributed by atoms with Crippen LogP contribution in [0.2, 0.25) is 0 Å². The van der Waals surface area contributed by atoms with Gasteiger partial charge in [0.15, 0.2) is 0 Å². The topological polar surface area (TPSA) is 37.9 Å². The van der Waals surface area contributed by atoms with Gasteiger partial charge in [0.2, 0.25) is 5.88 Å². The van der Waals surface area contributed by atoms with Crippen LogP contribution in [0.3, 0.4) is 0 Å². The van der Waals surface area contributed by atoms with Gasteiger partial charge in [-0.05, 0) is 26.3 Å². The van der Waals surface area contributed by atoms with Crippen molar-refractivity contribution < 1.29 is 4.74 Å². The molecule has 3 nitrogen and oxygen atoms in total. The second kappa shape index (κ2) is 4.39. The van der Waals surface area contributed by atoms with Crippen molar-refractivity contribution >= 4 is 0 Å². The van der Waals surface area contributed by atoms with E-state index in [9.17, 15) is 0 Å². The Morgan fingerprint density at radius 2 is 1.88 bits per heavy atom. The minimum atomic E-state index is 0.130. The highest BCUT2D eigenvalue weighted by Gasteiger charge is 2.14. The number of ether oxygens (including phenoxy) is 1. The summed E-state index contributed by atoms with van der Waals surface area (Å²) in [6.45, 7) is 6.00. The Labute approximate surface area is 95.5 Å². The van der Waals surface area contributed by atoms with Crippen LogP contribution in [0.5, 0.6) is 5.88 Å². The van der Waals surface area contributed by atoms with Gasteiger partial charge in [0, 0.05) is 5.69 Å². The van der Waals surface area contributed by atoms with Gasteiger partial charge in [-0.1, -0.05) is 30.3 Å². The van der Waals surface area contributed by atoms with Crippen LogP contribution >= 0.6 is 0 Å². The summed E-state index contributed by atoms with van der Waals surface area (Å²) in [6, 6.07) is 10.2. The Morgan fingerprint density at radius 3 is 2.50 bits per heavy atom. The minimum Gasteiger partial charge on any atom is -0.473 e. The lowest BCUT2D eigenvalue weighted by Gasteiger charge is -2.09. The second-order valence-corrected chi connectivity index (χ2v) is 4.06. The van der Waals surface area contributed by atoms with Crippen LogP contribution in [-0.2, 0) is 0 Å². The van der Waals surface area contributed by atoms with Gasteiger partial charge in [0.25, 0.3) is 0 Å². The Kier molecular flexibility index (Phi) is 2.95. The molecule has 1 heterocycles. The number of aromatic nitrogens is 2. The van der Waals surface area contributed by atoms with Gasteiger partial charge in [-0.25, -0.2) is 0 Å². The molecule has 0 aliphatic carbocycles. The minimum absolute atomic E-state index is 0.130. The highest BCUT2D eigenvalue weighted by atomic mass is 16.5. The first-order valence-electron chi connectivity index (χ1n) is 5.45. The Morgan fingerprint density at radius 1 is 1.19 bits per heavy atom. The van der Waals surface area contributed by atoms with E-state index in [4.69, 9.17) is 4.74 Å². The van der Waals surface area contributed by atoms with Gasteiger partial charge in [-0.3, -0.25) is 5.10 Å². The quantitative estimate of drug-likeness (QED) is 0.855. The Hall–Kier alpha value is -1.77. The lowest BCUT2D eigenvalue weighted by molar-refractivity contribution is 0.233. The van der Waals surface area contributed by atoms with Crippen molar-refractivity contribution in [3.8, 4) is 17.0 Å². The first-order valence-corrected chi connectivity index (χ1v) is 5.45. The van der Waals surface area contributed by atoms with E-state index in [1.54, 1.807) is 0 Å². The van der Waals surface area contributed by atoms with E-state index in [1.165, 1.54) is 0 Å². The molecular weight excluding hydrogens is 200 g/mol. The highest BCUT2D eigenvalue weighted by Crippen LogP contribution is 2.31. The predicted octanol–water partition coefficient (Wildman–Crippen LogP) is 3.17. The molecule has 2 rings (SSSR count). The third-order valence-corrected chi connectivity index (χ3v) is 2.32. The highest BCUT2D eigenvalue weighted by molar-refractivity contribution is 5.70. The molecule has 1 aromatic carbocycles. The lowest BCUT2D eigenvalue weighted by atomic mass is 10.1. The van der Waals surface area contributed by atoms with Gasteiger partial charge in [0.05, 0.1) is 11.7 Å². The van der Waals surface area contributed by atoms with Crippen LogP contribution in [0.4, 0.5) is 0 Å². The van der Waals surface area contributed by atoms with Gasteiger partial charge in [-0.2, -0.15) is 0 Å². The van der Waals surface area contributed by atoms with Crippen LogP contribution in [0.25, 0.3) is 11.1 Å². The summed E-state index contributed by atoms with van der Waals surface area (Å²) in [5.41, 5.74) is 3.21. The molecule has 2 aromatic rings. The molecule has 0 saturated heterocycles. The first-order chi connectivity index (χ1) is 7.68. The van der Waals surface area contributed by atoms with Crippen LogP contribution in [0, 0.1) is 6.92 Å². The van der Waals surface area contributed by atoms with Crippen molar-refractivity contribution in [2.24, 2.45) is 0 Å². The molecule has 1 N–H and O–H groups in total. The summed E-state index contributed by atoms with van der Waals surface area (Å²) >= 11 is 0. The van der Waals surface area contributed by atoms with E-state index in [-0.39, 0.29) is 6.10 Å². The molecule has 16 heavy (non-hydrogen) atoms. The number of nitrogens with one attached hydrogen (secondary N) is 1. The number of aromatic amines is 1. The first kappa shape index (κ1) is 10.7. The van der Waals surface area contributed by atoms with Crippen molar-refractivity contribution in [3.63, 3.8) is 0 Å². The molecule has 0 fully saturated rings. The molecule has 0 amide bonds. The van der Waals surface area contributed by atoms with Gasteiger partial charge < -0.3 is 4.74 Å². The molecule has 0 bridgehead atoms. The smallest absolute Gasteiger partial charge is 0.241 e. The van der Waals surface area contributed by atoms with E-state index in [1.807, 2.05) is 39.0 Å². The summed E-state index contributed by atoms with van der Waals surface area (Å²) in [5, 5.41) is 7.15. The molecule has 0 spiro atoms. The average molecular weight is 216 g/mol. The molecule has 3 heteroatoms. The maximum absolute atomic E-state index is 5.68. The maximum atomic E-state index is 5.68. The molecule has 0 aliphatic heterocycles. The van der Waals surface area contributed by atoms with E-state index < -0.39 is 0 Å². The number of hydrogen-bond donors (Lipinski definition) is 1. The van der Waals surface area contributed by atoms with Crippen LogP contribution in [-0.4, -0.2) is 16.3 Å². The van der Waals surface area contributed by atoms with Crippen molar-refractivity contribution in [1.82, 2.24) is 10.2 Å². The third kappa shape index (κ3) is 2.08. The summed E-state index contributed by atoms with van der Waals surface area (Å²) in [5.74, 6) is 0.679. The monoisotopic (exact) mass is 216 g/mol. The summed E-state index contributed by atoms with van der Waals surface area (Å²) in [7, 11) is 0.